The van der Waals surface area contributed by atoms with Crippen LogP contribution in [0.4, 0.5) is 5.82 Å². The fourth-order valence-electron chi connectivity index (χ4n) is 2.97. The third-order valence-electron chi connectivity index (χ3n) is 4.13. The van der Waals surface area contributed by atoms with Gasteiger partial charge in [-0.3, -0.25) is 9.69 Å². The number of amides is 1. The summed E-state index contributed by atoms with van der Waals surface area (Å²) in [6, 6.07) is 4.13. The highest BCUT2D eigenvalue weighted by atomic mass is 16.2. The Morgan fingerprint density at radius 1 is 1.33 bits per heavy atom. The number of rotatable bonds is 5. The van der Waals surface area contributed by atoms with Gasteiger partial charge in [-0.25, -0.2) is 4.98 Å². The van der Waals surface area contributed by atoms with E-state index in [4.69, 9.17) is 0 Å². The van der Waals surface area contributed by atoms with Crippen molar-refractivity contribution >= 4 is 11.7 Å². The summed E-state index contributed by atoms with van der Waals surface area (Å²) in [5.41, 5.74) is 1.12. The van der Waals surface area contributed by atoms with Crippen LogP contribution in [-0.4, -0.2) is 41.5 Å². The number of anilines is 1. The van der Waals surface area contributed by atoms with Gasteiger partial charge in [-0.1, -0.05) is 19.4 Å². The summed E-state index contributed by atoms with van der Waals surface area (Å²) in [6.45, 7) is 9.29. The number of aryl methyl sites for hydroxylation is 1. The Hall–Kier alpha value is -1.42. The third kappa shape index (κ3) is 4.27. The van der Waals surface area contributed by atoms with E-state index in [9.17, 15) is 4.79 Å². The average molecular weight is 289 g/mol. The van der Waals surface area contributed by atoms with Crippen LogP contribution < -0.4 is 4.90 Å². The molecule has 0 spiro atoms. The zero-order valence-electron chi connectivity index (χ0n) is 13.5. The predicted molar refractivity (Wildman–Crippen MR) is 86.5 cm³/mol. The Morgan fingerprint density at radius 3 is 2.62 bits per heavy atom. The number of hydrogen-bond acceptors (Lipinski definition) is 3. The molecule has 1 unspecified atom stereocenters. The Morgan fingerprint density at radius 2 is 2.05 bits per heavy atom. The van der Waals surface area contributed by atoms with Crippen molar-refractivity contribution in [1.82, 2.24) is 9.88 Å². The zero-order valence-corrected chi connectivity index (χ0v) is 13.5. The van der Waals surface area contributed by atoms with Crippen LogP contribution in [0.25, 0.3) is 0 Å². The maximum Gasteiger partial charge on any atom is 0.228 e. The average Bonchev–Trinajstić information content (AvgIpc) is 2.50. The first-order valence-electron chi connectivity index (χ1n) is 8.09. The second kappa shape index (κ2) is 7.55. The van der Waals surface area contributed by atoms with Crippen LogP contribution >= 0.6 is 0 Å². The highest BCUT2D eigenvalue weighted by Gasteiger charge is 2.24. The lowest BCUT2D eigenvalue weighted by Gasteiger charge is -2.34. The van der Waals surface area contributed by atoms with E-state index in [0.29, 0.717) is 6.42 Å². The molecule has 1 amide bonds. The van der Waals surface area contributed by atoms with E-state index in [1.54, 1.807) is 0 Å². The molecule has 4 nitrogen and oxygen atoms in total. The number of hydrogen-bond donors (Lipinski definition) is 0. The molecule has 2 heterocycles. The largest absolute Gasteiger partial charge is 0.301 e. The van der Waals surface area contributed by atoms with Gasteiger partial charge in [-0.2, -0.15) is 0 Å². The molecular weight excluding hydrogens is 262 g/mol. The van der Waals surface area contributed by atoms with E-state index in [0.717, 1.165) is 31.0 Å². The summed E-state index contributed by atoms with van der Waals surface area (Å²) in [5, 5.41) is 0. The lowest BCUT2D eigenvalue weighted by molar-refractivity contribution is -0.118. The molecule has 1 saturated heterocycles. The van der Waals surface area contributed by atoms with Crippen molar-refractivity contribution in [3.63, 3.8) is 0 Å². The molecule has 4 heteroatoms. The van der Waals surface area contributed by atoms with Gasteiger partial charge >= 0.3 is 0 Å². The van der Waals surface area contributed by atoms with Gasteiger partial charge in [0.05, 0.1) is 0 Å². The van der Waals surface area contributed by atoms with Crippen molar-refractivity contribution in [3.8, 4) is 0 Å². The Bertz CT molecular complexity index is 452. The number of carbonyl (C=O) groups excluding carboxylic acids is 1. The molecular formula is C17H27N3O. The molecule has 1 atom stereocenters. The van der Waals surface area contributed by atoms with Gasteiger partial charge in [0.1, 0.15) is 5.82 Å². The van der Waals surface area contributed by atoms with Crippen molar-refractivity contribution in [2.45, 2.75) is 52.5 Å². The quantitative estimate of drug-likeness (QED) is 0.836. The van der Waals surface area contributed by atoms with Crippen molar-refractivity contribution in [3.05, 3.63) is 23.9 Å². The summed E-state index contributed by atoms with van der Waals surface area (Å²) in [4.78, 5) is 21.1. The minimum Gasteiger partial charge on any atom is -0.301 e. The van der Waals surface area contributed by atoms with Gasteiger partial charge in [-0.15, -0.1) is 0 Å². The normalized spacial score (nSPS) is 17.5. The lowest BCUT2D eigenvalue weighted by Crippen LogP contribution is -2.47. The lowest BCUT2D eigenvalue weighted by atomic mass is 10.1. The molecule has 1 aromatic heterocycles. The Labute approximate surface area is 128 Å². The minimum absolute atomic E-state index is 0.149. The monoisotopic (exact) mass is 289 g/mol. The van der Waals surface area contributed by atoms with Gasteiger partial charge < -0.3 is 4.90 Å². The molecule has 21 heavy (non-hydrogen) atoms. The molecule has 1 aromatic rings. The molecule has 0 aliphatic carbocycles. The Balaban J connectivity index is 2.10. The van der Waals surface area contributed by atoms with Crippen LogP contribution in [0.3, 0.4) is 0 Å². The minimum atomic E-state index is 0.149. The number of nitrogens with zero attached hydrogens (tertiary/aromatic N) is 3. The summed E-state index contributed by atoms with van der Waals surface area (Å²) < 4.78 is 0. The molecule has 1 aliphatic rings. The topological polar surface area (TPSA) is 36.4 Å². The van der Waals surface area contributed by atoms with E-state index < -0.39 is 0 Å². The first-order valence-corrected chi connectivity index (χ1v) is 8.09. The maximum atomic E-state index is 12.3. The molecule has 0 bridgehead atoms. The van der Waals surface area contributed by atoms with E-state index in [2.05, 4.69) is 16.8 Å². The SMILES string of the molecule is CCC(=O)N(c1ccc(C)cn1)C(C)CN1CCCCC1. The van der Waals surface area contributed by atoms with Crippen molar-refractivity contribution in [1.29, 1.82) is 0 Å². The molecule has 0 N–H and O–H groups in total. The standard InChI is InChI=1S/C17H27N3O/c1-4-17(21)20(16-9-8-14(2)12-18-16)15(3)13-19-10-6-5-7-11-19/h8-9,12,15H,4-7,10-11,13H2,1-3H3. The van der Waals surface area contributed by atoms with E-state index in [-0.39, 0.29) is 11.9 Å². The smallest absolute Gasteiger partial charge is 0.228 e. The number of carbonyl (C=O) groups is 1. The Kier molecular flexibility index (Phi) is 5.74. The van der Waals surface area contributed by atoms with Crippen molar-refractivity contribution in [2.24, 2.45) is 0 Å². The summed E-state index contributed by atoms with van der Waals surface area (Å²) in [7, 11) is 0. The molecule has 116 valence electrons. The third-order valence-corrected chi connectivity index (χ3v) is 4.13. The van der Waals surface area contributed by atoms with E-state index in [1.807, 2.05) is 37.1 Å². The van der Waals surface area contributed by atoms with Crippen molar-refractivity contribution in [2.75, 3.05) is 24.5 Å². The predicted octanol–water partition coefficient (Wildman–Crippen LogP) is 3.01. The van der Waals surface area contributed by atoms with Gasteiger partial charge in [0, 0.05) is 25.2 Å². The maximum absolute atomic E-state index is 12.3. The molecule has 1 aliphatic heterocycles. The van der Waals surface area contributed by atoms with E-state index >= 15 is 0 Å². The second-order valence-electron chi connectivity index (χ2n) is 6.02. The number of aromatic nitrogens is 1. The summed E-state index contributed by atoms with van der Waals surface area (Å²) >= 11 is 0. The molecule has 0 radical (unpaired) electrons. The van der Waals surface area contributed by atoms with Gasteiger partial charge in [0.25, 0.3) is 0 Å². The first-order chi connectivity index (χ1) is 10.1. The highest BCUT2D eigenvalue weighted by Crippen LogP contribution is 2.18. The number of piperidine rings is 1. The molecule has 1 fully saturated rings. The van der Waals surface area contributed by atoms with Crippen LogP contribution in [0, 0.1) is 6.92 Å². The number of pyridine rings is 1. The second-order valence-corrected chi connectivity index (χ2v) is 6.02. The van der Waals surface area contributed by atoms with Gasteiger partial charge in [-0.05, 0) is 51.4 Å². The van der Waals surface area contributed by atoms with Crippen LogP contribution in [0.1, 0.15) is 45.1 Å². The molecule has 2 rings (SSSR count). The fraction of sp³-hybridized carbons (Fsp3) is 0.647. The van der Waals surface area contributed by atoms with Crippen LogP contribution in [0.2, 0.25) is 0 Å². The summed E-state index contributed by atoms with van der Waals surface area (Å²) in [5.74, 6) is 0.924. The van der Waals surface area contributed by atoms with Crippen LogP contribution in [0.15, 0.2) is 18.3 Å². The van der Waals surface area contributed by atoms with Gasteiger partial charge in [0.2, 0.25) is 5.91 Å². The molecule has 0 aromatic carbocycles. The summed E-state index contributed by atoms with van der Waals surface area (Å²) in [6.07, 6.45) is 6.23. The van der Waals surface area contributed by atoms with E-state index in [1.165, 1.54) is 19.3 Å². The fourth-order valence-corrected chi connectivity index (χ4v) is 2.97. The van der Waals surface area contributed by atoms with Gasteiger partial charge in [0.15, 0.2) is 0 Å². The van der Waals surface area contributed by atoms with Crippen LogP contribution in [0.5, 0.6) is 0 Å². The molecule has 0 saturated carbocycles. The van der Waals surface area contributed by atoms with Crippen molar-refractivity contribution < 1.29 is 4.79 Å². The zero-order chi connectivity index (χ0) is 15.2. The van der Waals surface area contributed by atoms with Crippen LogP contribution in [-0.2, 0) is 4.79 Å². The number of likely N-dealkylation sites (tertiary alicyclic amines) is 1. The first kappa shape index (κ1) is 16.0. The highest BCUT2D eigenvalue weighted by molar-refractivity contribution is 5.92.